The lowest BCUT2D eigenvalue weighted by Crippen LogP contribution is -2.17. The maximum Gasteiger partial charge on any atom is 0.573 e. The molecule has 94 valence electrons. The van der Waals surface area contributed by atoms with Gasteiger partial charge in [0.25, 0.3) is 0 Å². The van der Waals surface area contributed by atoms with Crippen LogP contribution >= 0.6 is 0 Å². The molecule has 1 aromatic carbocycles. The Kier molecular flexibility index (Phi) is 4.09. The summed E-state index contributed by atoms with van der Waals surface area (Å²) in [5.41, 5.74) is -0.381. The number of hydrogen-bond acceptors (Lipinski definition) is 2. The van der Waals surface area contributed by atoms with Crippen molar-refractivity contribution in [2.75, 3.05) is 0 Å². The van der Waals surface area contributed by atoms with Gasteiger partial charge in [0.2, 0.25) is 0 Å². The summed E-state index contributed by atoms with van der Waals surface area (Å²) in [4.78, 5) is 11.4. The molecular formula is C11H10F4O2. The molecule has 0 aliphatic heterocycles. The van der Waals surface area contributed by atoms with Crippen molar-refractivity contribution in [3.63, 3.8) is 0 Å². The van der Waals surface area contributed by atoms with Gasteiger partial charge in [0, 0.05) is 6.42 Å². The Bertz CT molecular complexity index is 412. The van der Waals surface area contributed by atoms with Gasteiger partial charge >= 0.3 is 6.36 Å². The van der Waals surface area contributed by atoms with E-state index in [-0.39, 0.29) is 12.0 Å². The van der Waals surface area contributed by atoms with Crippen LogP contribution in [0.4, 0.5) is 17.6 Å². The Balaban J connectivity index is 2.98. The van der Waals surface area contributed by atoms with Gasteiger partial charge in [-0.15, -0.1) is 13.2 Å². The summed E-state index contributed by atoms with van der Waals surface area (Å²) in [6.45, 7) is 1.71. The van der Waals surface area contributed by atoms with Crippen molar-refractivity contribution in [1.29, 1.82) is 0 Å². The first kappa shape index (κ1) is 13.5. The highest BCUT2D eigenvalue weighted by atomic mass is 19.4. The average molecular weight is 250 g/mol. The normalized spacial score (nSPS) is 11.4. The zero-order valence-corrected chi connectivity index (χ0v) is 8.97. The molecule has 0 bridgehead atoms. The van der Waals surface area contributed by atoms with Gasteiger partial charge in [-0.2, -0.15) is 0 Å². The predicted octanol–water partition coefficient (Wildman–Crippen LogP) is 3.71. The minimum Gasteiger partial charge on any atom is -0.406 e. The van der Waals surface area contributed by atoms with E-state index in [0.717, 1.165) is 18.2 Å². The summed E-state index contributed by atoms with van der Waals surface area (Å²) in [5, 5.41) is 0. The van der Waals surface area contributed by atoms with Crippen molar-refractivity contribution in [3.8, 4) is 5.75 Å². The molecule has 0 aromatic heterocycles. The lowest BCUT2D eigenvalue weighted by molar-refractivity contribution is -0.274. The molecule has 0 heterocycles. The summed E-state index contributed by atoms with van der Waals surface area (Å²) in [5.74, 6) is -1.99. The molecule has 0 spiro atoms. The summed E-state index contributed by atoms with van der Waals surface area (Å²) in [7, 11) is 0. The van der Waals surface area contributed by atoms with Crippen LogP contribution in [0.5, 0.6) is 5.75 Å². The Morgan fingerprint density at radius 3 is 2.53 bits per heavy atom. The van der Waals surface area contributed by atoms with Crippen LogP contribution < -0.4 is 4.74 Å². The van der Waals surface area contributed by atoms with Crippen molar-refractivity contribution in [2.45, 2.75) is 26.1 Å². The second-order valence-corrected chi connectivity index (χ2v) is 3.36. The summed E-state index contributed by atoms with van der Waals surface area (Å²) in [6.07, 6.45) is -4.29. The quantitative estimate of drug-likeness (QED) is 0.601. The molecule has 0 N–H and O–H groups in total. The fourth-order valence-corrected chi connectivity index (χ4v) is 1.28. The smallest absolute Gasteiger partial charge is 0.406 e. The van der Waals surface area contributed by atoms with Crippen LogP contribution in [0.1, 0.15) is 30.1 Å². The summed E-state index contributed by atoms with van der Waals surface area (Å²) >= 11 is 0. The number of hydrogen-bond donors (Lipinski definition) is 0. The molecule has 1 aromatic rings. The van der Waals surface area contributed by atoms with Gasteiger partial charge in [0.15, 0.2) is 5.78 Å². The maximum atomic E-state index is 13.2. The zero-order chi connectivity index (χ0) is 13.1. The van der Waals surface area contributed by atoms with Crippen molar-refractivity contribution < 1.29 is 27.1 Å². The van der Waals surface area contributed by atoms with Crippen LogP contribution in [0.25, 0.3) is 0 Å². The van der Waals surface area contributed by atoms with E-state index in [1.54, 1.807) is 6.92 Å². The molecule has 0 unspecified atom stereocenters. The van der Waals surface area contributed by atoms with E-state index in [1.165, 1.54) is 0 Å². The molecule has 0 radical (unpaired) electrons. The molecule has 0 fully saturated rings. The van der Waals surface area contributed by atoms with Crippen molar-refractivity contribution in [1.82, 2.24) is 0 Å². The molecule has 6 heteroatoms. The van der Waals surface area contributed by atoms with Crippen LogP contribution in [0, 0.1) is 5.82 Å². The van der Waals surface area contributed by atoms with Crippen LogP contribution in [-0.2, 0) is 0 Å². The maximum absolute atomic E-state index is 13.2. The average Bonchev–Trinajstić information content (AvgIpc) is 2.19. The molecule has 0 atom stereocenters. The number of benzene rings is 1. The largest absolute Gasteiger partial charge is 0.573 e. The van der Waals surface area contributed by atoms with E-state index in [2.05, 4.69) is 4.74 Å². The first-order valence-electron chi connectivity index (χ1n) is 4.92. The molecule has 2 nitrogen and oxygen atoms in total. The first-order chi connectivity index (χ1) is 7.83. The molecule has 0 aliphatic carbocycles. The predicted molar refractivity (Wildman–Crippen MR) is 52.3 cm³/mol. The minimum atomic E-state index is -4.86. The lowest BCUT2D eigenvalue weighted by atomic mass is 10.1. The van der Waals surface area contributed by atoms with Gasteiger partial charge in [-0.3, -0.25) is 4.79 Å². The van der Waals surface area contributed by atoms with Crippen LogP contribution in [0.2, 0.25) is 0 Å². The number of ketones is 1. The van der Waals surface area contributed by atoms with Gasteiger partial charge in [0.05, 0.1) is 5.56 Å². The fraction of sp³-hybridized carbons (Fsp3) is 0.364. The molecule has 0 aliphatic rings. The topological polar surface area (TPSA) is 26.3 Å². The van der Waals surface area contributed by atoms with E-state index < -0.39 is 23.7 Å². The minimum absolute atomic E-state index is 0.0758. The number of halogens is 4. The Hall–Kier alpha value is -1.59. The van der Waals surface area contributed by atoms with E-state index in [1.807, 2.05) is 0 Å². The van der Waals surface area contributed by atoms with Gasteiger partial charge < -0.3 is 4.74 Å². The highest BCUT2D eigenvalue weighted by Gasteiger charge is 2.31. The number of rotatable bonds is 4. The molecule has 0 saturated heterocycles. The fourth-order valence-electron chi connectivity index (χ4n) is 1.28. The highest BCUT2D eigenvalue weighted by Crippen LogP contribution is 2.25. The molecule has 0 amide bonds. The number of carbonyl (C=O) groups excluding carboxylic acids is 1. The molecule has 1 rings (SSSR count). The van der Waals surface area contributed by atoms with E-state index in [9.17, 15) is 22.4 Å². The third kappa shape index (κ3) is 4.05. The Morgan fingerprint density at radius 1 is 1.35 bits per heavy atom. The van der Waals surface area contributed by atoms with Gasteiger partial charge in [-0.05, 0) is 24.6 Å². The second kappa shape index (κ2) is 5.16. The highest BCUT2D eigenvalue weighted by molar-refractivity contribution is 5.96. The third-order valence-corrected chi connectivity index (χ3v) is 1.95. The van der Waals surface area contributed by atoms with Crippen molar-refractivity contribution >= 4 is 5.78 Å². The number of alkyl halides is 3. The van der Waals surface area contributed by atoms with Crippen LogP contribution in [0.15, 0.2) is 18.2 Å². The second-order valence-electron chi connectivity index (χ2n) is 3.36. The van der Waals surface area contributed by atoms with Gasteiger partial charge in [0.1, 0.15) is 11.6 Å². The van der Waals surface area contributed by atoms with Crippen LogP contribution in [-0.4, -0.2) is 12.1 Å². The monoisotopic (exact) mass is 250 g/mol. The number of Topliss-reactive ketones (excluding diaryl/α,β-unsaturated/α-hetero) is 1. The van der Waals surface area contributed by atoms with Gasteiger partial charge in [-0.1, -0.05) is 6.92 Å². The van der Waals surface area contributed by atoms with Gasteiger partial charge in [-0.25, -0.2) is 4.39 Å². The van der Waals surface area contributed by atoms with E-state index in [4.69, 9.17) is 0 Å². The van der Waals surface area contributed by atoms with Crippen LogP contribution in [0.3, 0.4) is 0 Å². The van der Waals surface area contributed by atoms with Crippen molar-refractivity contribution in [2.24, 2.45) is 0 Å². The summed E-state index contributed by atoms with van der Waals surface area (Å²) < 4.78 is 52.6. The standard InChI is InChI=1S/C11H10F4O2/c1-2-3-10(16)8-6-7(4-5-9(8)12)17-11(13,14)15/h4-6H,2-3H2,1H3. The first-order valence-corrected chi connectivity index (χ1v) is 4.92. The summed E-state index contributed by atoms with van der Waals surface area (Å²) in [6, 6.07) is 2.37. The Labute approximate surface area is 95.2 Å². The van der Waals surface area contributed by atoms with E-state index >= 15 is 0 Å². The lowest BCUT2D eigenvalue weighted by Gasteiger charge is -2.10. The zero-order valence-electron chi connectivity index (χ0n) is 8.97. The molecular weight excluding hydrogens is 240 g/mol. The SMILES string of the molecule is CCCC(=O)c1cc(OC(F)(F)F)ccc1F. The Morgan fingerprint density at radius 2 is 2.00 bits per heavy atom. The number of carbonyl (C=O) groups is 1. The third-order valence-electron chi connectivity index (χ3n) is 1.95. The number of ether oxygens (including phenoxy) is 1. The van der Waals surface area contributed by atoms with E-state index in [0.29, 0.717) is 6.42 Å². The molecule has 0 saturated carbocycles. The molecule has 17 heavy (non-hydrogen) atoms. The van der Waals surface area contributed by atoms with Crippen molar-refractivity contribution in [3.05, 3.63) is 29.6 Å².